The quantitative estimate of drug-likeness (QED) is 0.710. The highest BCUT2D eigenvalue weighted by atomic mass is 32.2. The minimum absolute atomic E-state index is 0.143. The maximum absolute atomic E-state index is 12.9. The van der Waals surface area contributed by atoms with Crippen LogP contribution in [0.15, 0.2) is 59.5 Å². The average Bonchev–Trinajstić information content (AvgIpc) is 3.01. The number of nitrogens with zero attached hydrogens (tertiary/aromatic N) is 3. The van der Waals surface area contributed by atoms with Gasteiger partial charge in [0.05, 0.1) is 4.90 Å². The molecule has 7 nitrogen and oxygen atoms in total. The summed E-state index contributed by atoms with van der Waals surface area (Å²) in [6, 6.07) is 15.7. The predicted molar refractivity (Wildman–Crippen MR) is 123 cm³/mol. The van der Waals surface area contributed by atoms with E-state index in [1.165, 1.54) is 16.4 Å². The average molecular weight is 445 g/mol. The van der Waals surface area contributed by atoms with E-state index >= 15 is 0 Å². The van der Waals surface area contributed by atoms with Gasteiger partial charge in [0.1, 0.15) is 0 Å². The van der Waals surface area contributed by atoms with Crippen LogP contribution in [0.2, 0.25) is 0 Å². The Hall–Kier alpha value is -2.42. The van der Waals surface area contributed by atoms with Crippen molar-refractivity contribution in [3.63, 3.8) is 0 Å². The van der Waals surface area contributed by atoms with Crippen LogP contribution in [0.4, 0.5) is 10.5 Å². The third-order valence-electron chi connectivity index (χ3n) is 5.48. The summed E-state index contributed by atoms with van der Waals surface area (Å²) in [4.78, 5) is 17.1. The van der Waals surface area contributed by atoms with Crippen molar-refractivity contribution in [2.45, 2.75) is 31.2 Å². The van der Waals surface area contributed by atoms with Gasteiger partial charge in [-0.2, -0.15) is 4.31 Å². The standard InChI is InChI=1S/C23H32N4O3S/c1-3-14-26-15-7-16-27(18-17-26)23(28)24-21-10-12-22(13-11-21)31(29,30)25(2)19-20-8-5-4-6-9-20/h4-6,8-13H,3,7,14-19H2,1-2H3,(H,24,28). The van der Waals surface area contributed by atoms with Crippen molar-refractivity contribution < 1.29 is 13.2 Å². The molecule has 1 saturated heterocycles. The second-order valence-electron chi connectivity index (χ2n) is 7.88. The topological polar surface area (TPSA) is 73.0 Å². The fourth-order valence-corrected chi connectivity index (χ4v) is 4.89. The molecule has 2 aromatic rings. The molecule has 0 aromatic heterocycles. The molecular formula is C23H32N4O3S. The van der Waals surface area contributed by atoms with Crippen molar-refractivity contribution in [1.29, 1.82) is 0 Å². The van der Waals surface area contributed by atoms with Crippen molar-refractivity contribution in [2.24, 2.45) is 0 Å². The van der Waals surface area contributed by atoms with Crippen LogP contribution in [0.3, 0.4) is 0 Å². The monoisotopic (exact) mass is 444 g/mol. The molecule has 0 bridgehead atoms. The van der Waals surface area contributed by atoms with Gasteiger partial charge in [0.2, 0.25) is 10.0 Å². The van der Waals surface area contributed by atoms with Gasteiger partial charge in [0, 0.05) is 38.9 Å². The molecule has 0 atom stereocenters. The van der Waals surface area contributed by atoms with Crippen molar-refractivity contribution in [2.75, 3.05) is 45.1 Å². The third kappa shape index (κ3) is 6.29. The number of hydrogen-bond acceptors (Lipinski definition) is 4. The van der Waals surface area contributed by atoms with Gasteiger partial charge in [-0.3, -0.25) is 0 Å². The lowest BCUT2D eigenvalue weighted by Crippen LogP contribution is -2.38. The first-order valence-corrected chi connectivity index (χ1v) is 12.2. The van der Waals surface area contributed by atoms with E-state index in [9.17, 15) is 13.2 Å². The summed E-state index contributed by atoms with van der Waals surface area (Å²) in [5, 5.41) is 2.89. The molecule has 1 aliphatic rings. The number of anilines is 1. The molecule has 0 aliphatic carbocycles. The Labute approximate surface area is 185 Å². The molecule has 0 saturated carbocycles. The van der Waals surface area contributed by atoms with Crippen molar-refractivity contribution >= 4 is 21.7 Å². The largest absolute Gasteiger partial charge is 0.323 e. The number of carbonyl (C=O) groups is 1. The maximum Gasteiger partial charge on any atom is 0.321 e. The summed E-state index contributed by atoms with van der Waals surface area (Å²) in [7, 11) is -2.05. The Bertz CT molecular complexity index is 949. The zero-order valence-electron chi connectivity index (χ0n) is 18.3. The van der Waals surface area contributed by atoms with Crippen LogP contribution in [-0.4, -0.2) is 68.3 Å². The van der Waals surface area contributed by atoms with Gasteiger partial charge in [-0.05, 0) is 55.8 Å². The maximum atomic E-state index is 12.9. The Kier molecular flexibility index (Phi) is 8.06. The molecule has 0 unspecified atom stereocenters. The SMILES string of the molecule is CCCN1CCCN(C(=O)Nc2ccc(S(=O)(=O)N(C)Cc3ccccc3)cc2)CC1. The number of amides is 2. The Morgan fingerprint density at radius 3 is 2.39 bits per heavy atom. The van der Waals surface area contributed by atoms with Gasteiger partial charge in [-0.1, -0.05) is 37.3 Å². The van der Waals surface area contributed by atoms with Gasteiger partial charge in [0.25, 0.3) is 0 Å². The highest BCUT2D eigenvalue weighted by molar-refractivity contribution is 7.89. The molecule has 168 valence electrons. The molecule has 8 heteroatoms. The Morgan fingerprint density at radius 2 is 1.71 bits per heavy atom. The van der Waals surface area contributed by atoms with E-state index < -0.39 is 10.0 Å². The van der Waals surface area contributed by atoms with Crippen molar-refractivity contribution in [1.82, 2.24) is 14.1 Å². The van der Waals surface area contributed by atoms with E-state index in [-0.39, 0.29) is 10.9 Å². The summed E-state index contributed by atoms with van der Waals surface area (Å²) in [5.41, 5.74) is 1.51. The van der Waals surface area contributed by atoms with Crippen LogP contribution in [0, 0.1) is 0 Å². The summed E-state index contributed by atoms with van der Waals surface area (Å²) in [6.45, 7) is 6.84. The van der Waals surface area contributed by atoms with E-state index in [0.717, 1.165) is 44.6 Å². The Morgan fingerprint density at radius 1 is 1.00 bits per heavy atom. The van der Waals surface area contributed by atoms with Gasteiger partial charge >= 0.3 is 6.03 Å². The van der Waals surface area contributed by atoms with Crippen LogP contribution in [0.1, 0.15) is 25.3 Å². The summed E-state index contributed by atoms with van der Waals surface area (Å²) in [5.74, 6) is 0. The molecule has 2 aromatic carbocycles. The fraction of sp³-hybridized carbons (Fsp3) is 0.435. The minimum Gasteiger partial charge on any atom is -0.323 e. The van der Waals surface area contributed by atoms with Gasteiger partial charge < -0.3 is 15.1 Å². The zero-order valence-corrected chi connectivity index (χ0v) is 19.1. The number of urea groups is 1. The molecule has 1 fully saturated rings. The van der Waals surface area contributed by atoms with E-state index in [0.29, 0.717) is 18.8 Å². The lowest BCUT2D eigenvalue weighted by Gasteiger charge is -2.22. The normalized spacial score (nSPS) is 15.6. The van der Waals surface area contributed by atoms with Crippen LogP contribution in [-0.2, 0) is 16.6 Å². The second-order valence-corrected chi connectivity index (χ2v) is 9.93. The lowest BCUT2D eigenvalue weighted by molar-refractivity contribution is 0.211. The number of rotatable bonds is 7. The first-order chi connectivity index (χ1) is 14.9. The molecule has 0 radical (unpaired) electrons. The summed E-state index contributed by atoms with van der Waals surface area (Å²) in [6.07, 6.45) is 2.07. The van der Waals surface area contributed by atoms with Crippen LogP contribution in [0.25, 0.3) is 0 Å². The van der Waals surface area contributed by atoms with Crippen molar-refractivity contribution in [3.05, 3.63) is 60.2 Å². The van der Waals surface area contributed by atoms with Gasteiger partial charge in [0.15, 0.2) is 0 Å². The number of carbonyl (C=O) groups excluding carboxylic acids is 1. The van der Waals surface area contributed by atoms with Crippen LogP contribution < -0.4 is 5.32 Å². The summed E-state index contributed by atoms with van der Waals surface area (Å²) < 4.78 is 27.1. The zero-order chi connectivity index (χ0) is 22.3. The smallest absolute Gasteiger partial charge is 0.321 e. The number of nitrogens with one attached hydrogen (secondary N) is 1. The molecular weight excluding hydrogens is 412 g/mol. The van der Waals surface area contributed by atoms with Crippen molar-refractivity contribution in [3.8, 4) is 0 Å². The molecule has 31 heavy (non-hydrogen) atoms. The van der Waals surface area contributed by atoms with Gasteiger partial charge in [-0.25, -0.2) is 13.2 Å². The minimum atomic E-state index is -3.61. The molecule has 0 spiro atoms. The van der Waals surface area contributed by atoms with E-state index in [2.05, 4.69) is 17.1 Å². The second kappa shape index (κ2) is 10.7. The number of sulfonamides is 1. The number of hydrogen-bond donors (Lipinski definition) is 1. The molecule has 1 N–H and O–H groups in total. The van der Waals surface area contributed by atoms with E-state index in [4.69, 9.17) is 0 Å². The lowest BCUT2D eigenvalue weighted by atomic mass is 10.2. The predicted octanol–water partition coefficient (Wildman–Crippen LogP) is 3.46. The third-order valence-corrected chi connectivity index (χ3v) is 7.30. The number of benzene rings is 2. The van der Waals surface area contributed by atoms with Gasteiger partial charge in [-0.15, -0.1) is 0 Å². The Balaban J connectivity index is 1.59. The van der Waals surface area contributed by atoms with E-state index in [1.807, 2.05) is 35.2 Å². The summed E-state index contributed by atoms with van der Waals surface area (Å²) >= 11 is 0. The highest BCUT2D eigenvalue weighted by Crippen LogP contribution is 2.19. The first kappa shape index (κ1) is 23.2. The molecule has 2 amide bonds. The molecule has 1 heterocycles. The van der Waals surface area contributed by atoms with E-state index in [1.54, 1.807) is 19.2 Å². The molecule has 1 aliphatic heterocycles. The molecule has 3 rings (SSSR count). The fourth-order valence-electron chi connectivity index (χ4n) is 3.73. The first-order valence-electron chi connectivity index (χ1n) is 10.8. The highest BCUT2D eigenvalue weighted by Gasteiger charge is 2.22. The van der Waals surface area contributed by atoms with Crippen LogP contribution >= 0.6 is 0 Å². The van der Waals surface area contributed by atoms with Crippen LogP contribution in [0.5, 0.6) is 0 Å².